The molecule has 0 saturated heterocycles. The van der Waals surface area contributed by atoms with E-state index in [-0.39, 0.29) is 5.60 Å². The quantitative estimate of drug-likeness (QED) is 0.769. The number of hydrogen-bond donors (Lipinski definition) is 1. The first-order chi connectivity index (χ1) is 7.53. The third-order valence-corrected chi connectivity index (χ3v) is 2.35. The molecule has 1 aromatic carbocycles. The number of rotatable bonds is 5. The molecule has 0 spiro atoms. The Balaban J connectivity index is 2.37. The van der Waals surface area contributed by atoms with Gasteiger partial charge in [-0.25, -0.2) is 0 Å². The van der Waals surface area contributed by atoms with Gasteiger partial charge < -0.3 is 10.1 Å². The predicted octanol–water partition coefficient (Wildman–Crippen LogP) is 3.48. The summed E-state index contributed by atoms with van der Waals surface area (Å²) in [6.07, 6.45) is 1.06. The van der Waals surface area contributed by atoms with E-state index in [9.17, 15) is 0 Å². The lowest BCUT2D eigenvalue weighted by Gasteiger charge is -2.20. The van der Waals surface area contributed by atoms with Crippen LogP contribution in [0.15, 0.2) is 24.3 Å². The Hall–Kier alpha value is -1.02. The van der Waals surface area contributed by atoms with Crippen LogP contribution in [0.4, 0.5) is 5.69 Å². The van der Waals surface area contributed by atoms with Gasteiger partial charge in [-0.15, -0.1) is 0 Å². The summed E-state index contributed by atoms with van der Waals surface area (Å²) in [6, 6.07) is 8.42. The summed E-state index contributed by atoms with van der Waals surface area (Å²) in [7, 11) is 0. The van der Waals surface area contributed by atoms with Crippen LogP contribution < -0.4 is 5.32 Å². The Kier molecular flexibility index (Phi) is 4.81. The maximum atomic E-state index is 5.66. The van der Waals surface area contributed by atoms with Crippen molar-refractivity contribution in [1.29, 1.82) is 0 Å². The van der Waals surface area contributed by atoms with Crippen molar-refractivity contribution in [3.05, 3.63) is 29.8 Å². The van der Waals surface area contributed by atoms with Crippen LogP contribution >= 0.6 is 0 Å². The molecule has 0 heterocycles. The number of hydrogen-bond acceptors (Lipinski definition) is 2. The average Bonchev–Trinajstić information content (AvgIpc) is 2.23. The zero-order valence-electron chi connectivity index (χ0n) is 10.8. The van der Waals surface area contributed by atoms with Gasteiger partial charge in [0.05, 0.1) is 12.2 Å². The molecule has 1 aromatic rings. The molecule has 0 aromatic heterocycles. The van der Waals surface area contributed by atoms with Crippen LogP contribution in [0.2, 0.25) is 0 Å². The number of nitrogens with one attached hydrogen (secondary N) is 1. The molecule has 0 fully saturated rings. The minimum Gasteiger partial charge on any atom is -0.383 e. The molecule has 0 amide bonds. The molecule has 2 nitrogen and oxygen atoms in total. The molecular weight excluding hydrogens is 198 g/mol. The zero-order valence-corrected chi connectivity index (χ0v) is 10.8. The lowest BCUT2D eigenvalue weighted by atomic mass is 10.1. The highest BCUT2D eigenvalue weighted by molar-refractivity contribution is 5.50. The van der Waals surface area contributed by atoms with Crippen LogP contribution in [0.3, 0.4) is 0 Å². The van der Waals surface area contributed by atoms with Gasteiger partial charge in [-0.05, 0) is 38.8 Å². The van der Waals surface area contributed by atoms with Crippen LogP contribution in [0.1, 0.15) is 33.3 Å². The molecule has 1 N–H and O–H groups in total. The lowest BCUT2D eigenvalue weighted by molar-refractivity contribution is 0.00333. The lowest BCUT2D eigenvalue weighted by Crippen LogP contribution is -2.23. The van der Waals surface area contributed by atoms with Gasteiger partial charge in [0.2, 0.25) is 0 Å². The summed E-state index contributed by atoms with van der Waals surface area (Å²) in [5.74, 6) is 0. The maximum absolute atomic E-state index is 5.66. The first-order valence-corrected chi connectivity index (χ1v) is 5.98. The van der Waals surface area contributed by atoms with Crippen molar-refractivity contribution in [3.63, 3.8) is 0 Å². The summed E-state index contributed by atoms with van der Waals surface area (Å²) < 4.78 is 5.66. The third kappa shape index (κ3) is 4.67. The summed E-state index contributed by atoms with van der Waals surface area (Å²) in [4.78, 5) is 0. The number of aryl methyl sites for hydroxylation is 1. The van der Waals surface area contributed by atoms with Crippen molar-refractivity contribution in [2.75, 3.05) is 18.5 Å². The van der Waals surface area contributed by atoms with Gasteiger partial charge in [0.25, 0.3) is 0 Å². The fraction of sp³-hybridized carbons (Fsp3) is 0.571. The first-order valence-electron chi connectivity index (χ1n) is 5.98. The Labute approximate surface area is 99.0 Å². The number of benzene rings is 1. The molecule has 90 valence electrons. The highest BCUT2D eigenvalue weighted by Gasteiger charge is 2.08. The molecule has 0 atom stereocenters. The van der Waals surface area contributed by atoms with Gasteiger partial charge in [-0.3, -0.25) is 0 Å². The Bertz CT molecular complexity index is 315. The van der Waals surface area contributed by atoms with Gasteiger partial charge in [-0.2, -0.15) is 0 Å². The molecule has 0 unspecified atom stereocenters. The van der Waals surface area contributed by atoms with E-state index >= 15 is 0 Å². The van der Waals surface area contributed by atoms with E-state index in [1.807, 2.05) is 0 Å². The molecule has 0 aliphatic rings. The molecule has 16 heavy (non-hydrogen) atoms. The molecule has 0 aliphatic heterocycles. The van der Waals surface area contributed by atoms with Gasteiger partial charge in [-0.1, -0.05) is 25.1 Å². The molecule has 0 aliphatic carbocycles. The van der Waals surface area contributed by atoms with E-state index in [0.717, 1.165) is 19.6 Å². The van der Waals surface area contributed by atoms with Crippen molar-refractivity contribution in [2.24, 2.45) is 0 Å². The molecule has 0 radical (unpaired) electrons. The summed E-state index contributed by atoms with van der Waals surface area (Å²) in [5, 5.41) is 3.41. The van der Waals surface area contributed by atoms with Crippen molar-refractivity contribution >= 4 is 5.69 Å². The van der Waals surface area contributed by atoms with E-state index in [1.165, 1.54) is 11.3 Å². The maximum Gasteiger partial charge on any atom is 0.0646 e. The Morgan fingerprint density at radius 2 is 1.88 bits per heavy atom. The van der Waals surface area contributed by atoms with Crippen molar-refractivity contribution in [1.82, 2.24) is 0 Å². The Morgan fingerprint density at radius 3 is 2.50 bits per heavy atom. The minimum atomic E-state index is -0.0496. The molecule has 2 heteroatoms. The smallest absolute Gasteiger partial charge is 0.0646 e. The fourth-order valence-electron chi connectivity index (χ4n) is 1.54. The molecule has 0 bridgehead atoms. The minimum absolute atomic E-state index is 0.0496. The summed E-state index contributed by atoms with van der Waals surface area (Å²) >= 11 is 0. The molecule has 0 saturated carbocycles. The summed E-state index contributed by atoms with van der Waals surface area (Å²) in [5.41, 5.74) is 2.53. The third-order valence-electron chi connectivity index (χ3n) is 2.35. The number of ether oxygens (including phenoxy) is 1. The highest BCUT2D eigenvalue weighted by Crippen LogP contribution is 2.15. The van der Waals surface area contributed by atoms with Crippen molar-refractivity contribution < 1.29 is 4.74 Å². The van der Waals surface area contributed by atoms with Crippen LogP contribution in [-0.2, 0) is 11.2 Å². The number of para-hydroxylation sites is 1. The van der Waals surface area contributed by atoms with E-state index in [4.69, 9.17) is 4.74 Å². The normalized spacial score (nSPS) is 11.5. The predicted molar refractivity (Wildman–Crippen MR) is 70.0 cm³/mol. The first kappa shape index (κ1) is 13.0. The number of anilines is 1. The fourth-order valence-corrected chi connectivity index (χ4v) is 1.54. The van der Waals surface area contributed by atoms with Gasteiger partial charge in [0.1, 0.15) is 0 Å². The topological polar surface area (TPSA) is 21.3 Å². The Morgan fingerprint density at radius 1 is 1.19 bits per heavy atom. The second-order valence-corrected chi connectivity index (χ2v) is 4.90. The monoisotopic (exact) mass is 221 g/mol. The molecular formula is C14H23NO. The second-order valence-electron chi connectivity index (χ2n) is 4.90. The van der Waals surface area contributed by atoms with Gasteiger partial charge >= 0.3 is 0 Å². The van der Waals surface area contributed by atoms with Crippen molar-refractivity contribution in [2.45, 2.75) is 39.7 Å². The van der Waals surface area contributed by atoms with E-state index < -0.39 is 0 Å². The highest BCUT2D eigenvalue weighted by atomic mass is 16.5. The zero-order chi connectivity index (χ0) is 12.0. The SMILES string of the molecule is CCc1ccccc1NCCOC(C)(C)C. The van der Waals surface area contributed by atoms with Crippen molar-refractivity contribution in [3.8, 4) is 0 Å². The van der Waals surface area contributed by atoms with Crippen LogP contribution in [-0.4, -0.2) is 18.8 Å². The standard InChI is InChI=1S/C14H23NO/c1-5-12-8-6-7-9-13(12)15-10-11-16-14(2,3)4/h6-9,15H,5,10-11H2,1-4H3. The van der Waals surface area contributed by atoms with Crippen LogP contribution in [0.5, 0.6) is 0 Å². The van der Waals surface area contributed by atoms with Gasteiger partial charge in [0, 0.05) is 12.2 Å². The van der Waals surface area contributed by atoms with E-state index in [0.29, 0.717) is 0 Å². The second kappa shape index (κ2) is 5.90. The average molecular weight is 221 g/mol. The largest absolute Gasteiger partial charge is 0.383 e. The van der Waals surface area contributed by atoms with Gasteiger partial charge in [0.15, 0.2) is 0 Å². The van der Waals surface area contributed by atoms with Crippen LogP contribution in [0, 0.1) is 0 Å². The van der Waals surface area contributed by atoms with Crippen LogP contribution in [0.25, 0.3) is 0 Å². The molecule has 1 rings (SSSR count). The van der Waals surface area contributed by atoms with E-state index in [2.05, 4.69) is 57.3 Å². The summed E-state index contributed by atoms with van der Waals surface area (Å²) in [6.45, 7) is 10.00. The van der Waals surface area contributed by atoms with E-state index in [1.54, 1.807) is 0 Å².